The maximum absolute atomic E-state index is 11.7. The molecular weight excluding hydrogens is 387 g/mol. The summed E-state index contributed by atoms with van der Waals surface area (Å²) in [6.45, 7) is -0.0102. The highest BCUT2D eigenvalue weighted by molar-refractivity contribution is 6.35. The van der Waals surface area contributed by atoms with E-state index in [1.807, 2.05) is 6.07 Å². The van der Waals surface area contributed by atoms with Gasteiger partial charge in [-0.3, -0.25) is 4.79 Å². The van der Waals surface area contributed by atoms with Crippen molar-refractivity contribution in [3.8, 4) is 6.07 Å². The number of carbonyl (C=O) groups is 2. The Balaban J connectivity index is 1.70. The van der Waals surface area contributed by atoms with Crippen LogP contribution in [0.15, 0.2) is 48.5 Å². The molecule has 2 aromatic rings. The summed E-state index contributed by atoms with van der Waals surface area (Å²) in [5.74, 6) is -1.03. The lowest BCUT2D eigenvalue weighted by Gasteiger charge is -2.07. The Morgan fingerprint density at radius 1 is 1.15 bits per heavy atom. The van der Waals surface area contributed by atoms with Crippen molar-refractivity contribution >= 4 is 41.2 Å². The van der Waals surface area contributed by atoms with Gasteiger partial charge >= 0.3 is 5.97 Å². The number of nitrogens with zero attached hydrogens (tertiary/aromatic N) is 1. The molecule has 0 radical (unpaired) electrons. The van der Waals surface area contributed by atoms with E-state index in [-0.39, 0.29) is 6.61 Å². The van der Waals surface area contributed by atoms with E-state index in [1.165, 1.54) is 6.08 Å². The van der Waals surface area contributed by atoms with Crippen LogP contribution in [0.2, 0.25) is 10.0 Å². The van der Waals surface area contributed by atoms with Gasteiger partial charge in [0, 0.05) is 22.7 Å². The third-order valence-corrected chi connectivity index (χ3v) is 4.12. The molecule has 0 atom stereocenters. The number of amides is 1. The fraction of sp³-hybridized carbons (Fsp3) is 0.150. The third kappa shape index (κ3) is 7.14. The maximum atomic E-state index is 11.7. The van der Waals surface area contributed by atoms with Gasteiger partial charge in [-0.2, -0.15) is 5.26 Å². The number of carbonyl (C=O) groups excluding carboxylic acids is 2. The molecule has 0 saturated carbocycles. The van der Waals surface area contributed by atoms with Gasteiger partial charge in [0.05, 0.1) is 11.6 Å². The Morgan fingerprint density at radius 3 is 2.56 bits per heavy atom. The predicted octanol–water partition coefficient (Wildman–Crippen LogP) is 3.78. The Kier molecular flexibility index (Phi) is 7.87. The van der Waals surface area contributed by atoms with E-state index in [4.69, 9.17) is 33.2 Å². The van der Waals surface area contributed by atoms with E-state index in [9.17, 15) is 9.59 Å². The zero-order valence-corrected chi connectivity index (χ0v) is 15.8. The normalized spacial score (nSPS) is 10.4. The summed E-state index contributed by atoms with van der Waals surface area (Å²) in [5.41, 5.74) is 2.14. The zero-order chi connectivity index (χ0) is 19.6. The van der Waals surface area contributed by atoms with Crippen LogP contribution in [0.3, 0.4) is 0 Å². The Morgan fingerprint density at radius 2 is 1.89 bits per heavy atom. The maximum Gasteiger partial charge on any atom is 0.331 e. The zero-order valence-electron chi connectivity index (χ0n) is 14.2. The van der Waals surface area contributed by atoms with Crippen LogP contribution in [0.25, 0.3) is 6.08 Å². The summed E-state index contributed by atoms with van der Waals surface area (Å²) in [6.07, 6.45) is 3.31. The van der Waals surface area contributed by atoms with Crippen LogP contribution in [-0.4, -0.2) is 25.0 Å². The quantitative estimate of drug-likeness (QED) is 0.564. The van der Waals surface area contributed by atoms with Crippen molar-refractivity contribution < 1.29 is 14.3 Å². The number of hydrogen-bond donors (Lipinski definition) is 1. The first-order valence-corrected chi connectivity index (χ1v) is 8.79. The van der Waals surface area contributed by atoms with E-state index in [0.29, 0.717) is 28.6 Å². The van der Waals surface area contributed by atoms with Crippen LogP contribution in [0, 0.1) is 11.3 Å². The molecule has 7 heteroatoms. The molecule has 138 valence electrons. The summed E-state index contributed by atoms with van der Waals surface area (Å²) in [5, 5.41) is 12.5. The van der Waals surface area contributed by atoms with Crippen LogP contribution in [0.4, 0.5) is 0 Å². The molecule has 0 unspecified atom stereocenters. The highest BCUT2D eigenvalue weighted by Crippen LogP contribution is 2.21. The number of nitriles is 1. The van der Waals surface area contributed by atoms with Crippen molar-refractivity contribution in [2.45, 2.75) is 6.42 Å². The topological polar surface area (TPSA) is 79.2 Å². The predicted molar refractivity (Wildman–Crippen MR) is 104 cm³/mol. The average Bonchev–Trinajstić information content (AvgIpc) is 2.67. The molecule has 0 saturated heterocycles. The fourth-order valence-corrected chi connectivity index (χ4v) is 2.63. The number of rotatable bonds is 7. The lowest BCUT2D eigenvalue weighted by molar-refractivity contribution is -0.143. The minimum atomic E-state index is -0.629. The second-order valence-electron chi connectivity index (χ2n) is 5.51. The molecule has 0 aliphatic rings. The van der Waals surface area contributed by atoms with E-state index in [1.54, 1.807) is 48.5 Å². The molecule has 2 rings (SSSR count). The largest absolute Gasteiger partial charge is 0.452 e. The Bertz CT molecular complexity index is 887. The summed E-state index contributed by atoms with van der Waals surface area (Å²) >= 11 is 11.9. The number of halogens is 2. The van der Waals surface area contributed by atoms with Crippen molar-refractivity contribution in [1.82, 2.24) is 5.32 Å². The van der Waals surface area contributed by atoms with Crippen molar-refractivity contribution in [3.05, 3.63) is 75.3 Å². The third-order valence-electron chi connectivity index (χ3n) is 3.53. The molecule has 5 nitrogen and oxygen atoms in total. The van der Waals surface area contributed by atoms with Crippen LogP contribution < -0.4 is 5.32 Å². The molecule has 0 aliphatic carbocycles. The molecule has 0 bridgehead atoms. The van der Waals surface area contributed by atoms with Gasteiger partial charge in [-0.25, -0.2) is 4.79 Å². The SMILES string of the molecule is N#Cc1ccc(/C=C/C(=O)OCC(=O)NCCc2ccc(Cl)cc2Cl)cc1. The van der Waals surface area contributed by atoms with E-state index >= 15 is 0 Å². The summed E-state index contributed by atoms with van der Waals surface area (Å²) in [4.78, 5) is 23.4. The highest BCUT2D eigenvalue weighted by atomic mass is 35.5. The number of hydrogen-bond acceptors (Lipinski definition) is 4. The van der Waals surface area contributed by atoms with Crippen LogP contribution in [0.1, 0.15) is 16.7 Å². The van der Waals surface area contributed by atoms with Crippen molar-refractivity contribution in [1.29, 1.82) is 5.26 Å². The second kappa shape index (κ2) is 10.4. The monoisotopic (exact) mass is 402 g/mol. The molecule has 27 heavy (non-hydrogen) atoms. The first-order chi connectivity index (χ1) is 13.0. The summed E-state index contributed by atoms with van der Waals surface area (Å²) in [7, 11) is 0. The molecule has 0 aromatic heterocycles. The van der Waals surface area contributed by atoms with Crippen molar-refractivity contribution in [2.24, 2.45) is 0 Å². The van der Waals surface area contributed by atoms with E-state index < -0.39 is 11.9 Å². The summed E-state index contributed by atoms with van der Waals surface area (Å²) < 4.78 is 4.88. The van der Waals surface area contributed by atoms with Gasteiger partial charge in [-0.15, -0.1) is 0 Å². The van der Waals surface area contributed by atoms with Crippen LogP contribution in [0.5, 0.6) is 0 Å². The van der Waals surface area contributed by atoms with Gasteiger partial charge in [-0.1, -0.05) is 41.4 Å². The second-order valence-corrected chi connectivity index (χ2v) is 6.35. The first-order valence-electron chi connectivity index (χ1n) is 8.03. The Hall–Kier alpha value is -2.81. The molecule has 0 fully saturated rings. The smallest absolute Gasteiger partial charge is 0.331 e. The molecule has 0 spiro atoms. The van der Waals surface area contributed by atoms with Crippen LogP contribution in [-0.2, 0) is 20.7 Å². The van der Waals surface area contributed by atoms with Gasteiger partial charge in [0.15, 0.2) is 6.61 Å². The Labute approximate surface area is 167 Å². The van der Waals surface area contributed by atoms with E-state index in [0.717, 1.165) is 11.1 Å². The van der Waals surface area contributed by atoms with Gasteiger partial charge in [0.25, 0.3) is 5.91 Å². The van der Waals surface area contributed by atoms with Crippen molar-refractivity contribution in [2.75, 3.05) is 13.2 Å². The minimum Gasteiger partial charge on any atom is -0.452 e. The number of benzene rings is 2. The molecule has 0 heterocycles. The molecule has 0 aliphatic heterocycles. The molecular formula is C20H16Cl2N2O3. The fourth-order valence-electron chi connectivity index (χ4n) is 2.13. The van der Waals surface area contributed by atoms with Crippen LogP contribution >= 0.6 is 23.2 Å². The average molecular weight is 403 g/mol. The van der Waals surface area contributed by atoms with E-state index in [2.05, 4.69) is 5.32 Å². The van der Waals surface area contributed by atoms with Gasteiger partial charge < -0.3 is 10.1 Å². The first kappa shape index (κ1) is 20.5. The standard InChI is InChI=1S/C20H16Cl2N2O3/c21-17-7-6-16(18(22)11-17)9-10-24-19(25)13-27-20(26)8-5-14-1-3-15(12-23)4-2-14/h1-8,11H,9-10,13H2,(H,24,25)/b8-5+. The lowest BCUT2D eigenvalue weighted by atomic mass is 10.1. The van der Waals surface area contributed by atoms with Gasteiger partial charge in [-0.05, 0) is 47.9 Å². The number of esters is 1. The molecule has 1 amide bonds. The summed E-state index contributed by atoms with van der Waals surface area (Å²) in [6, 6.07) is 13.9. The van der Waals surface area contributed by atoms with Crippen molar-refractivity contribution in [3.63, 3.8) is 0 Å². The molecule has 1 N–H and O–H groups in total. The molecule has 2 aromatic carbocycles. The van der Waals surface area contributed by atoms with Gasteiger partial charge in [0.1, 0.15) is 0 Å². The number of ether oxygens (including phenoxy) is 1. The van der Waals surface area contributed by atoms with Gasteiger partial charge in [0.2, 0.25) is 0 Å². The number of nitrogens with one attached hydrogen (secondary N) is 1. The highest BCUT2D eigenvalue weighted by Gasteiger charge is 2.06. The lowest BCUT2D eigenvalue weighted by Crippen LogP contribution is -2.30. The minimum absolute atomic E-state index is 0.360.